The number of nitrogens with zero attached hydrogens (tertiary/aromatic N) is 5. The van der Waals surface area contributed by atoms with E-state index >= 15 is 0 Å². The van der Waals surface area contributed by atoms with Gasteiger partial charge in [-0.15, -0.1) is 5.10 Å². The van der Waals surface area contributed by atoms with Crippen molar-refractivity contribution in [3.63, 3.8) is 0 Å². The van der Waals surface area contributed by atoms with Crippen molar-refractivity contribution in [2.75, 3.05) is 13.1 Å². The van der Waals surface area contributed by atoms with Gasteiger partial charge in [0.05, 0.1) is 5.69 Å². The summed E-state index contributed by atoms with van der Waals surface area (Å²) in [5.74, 6) is 0.0434. The van der Waals surface area contributed by atoms with Gasteiger partial charge in [0.1, 0.15) is 5.25 Å². The topological polar surface area (TPSA) is 63.9 Å². The third-order valence-corrected chi connectivity index (χ3v) is 5.56. The van der Waals surface area contributed by atoms with E-state index < -0.39 is 5.25 Å². The Morgan fingerprint density at radius 3 is 2.41 bits per heavy atom. The van der Waals surface area contributed by atoms with E-state index in [-0.39, 0.29) is 5.91 Å². The van der Waals surface area contributed by atoms with E-state index in [1.54, 1.807) is 16.8 Å². The van der Waals surface area contributed by atoms with Crippen molar-refractivity contribution in [3.8, 4) is 5.69 Å². The van der Waals surface area contributed by atoms with Crippen LogP contribution in [0.1, 0.15) is 24.7 Å². The molecule has 0 N–H and O–H groups in total. The molecule has 140 valence electrons. The minimum Gasteiger partial charge on any atom is -0.342 e. The SMILES string of the molecule is CCN(CC)C(=O)C(Sc1nnnn1-c1ccc(Cl)cc1)c1ccccc1. The van der Waals surface area contributed by atoms with E-state index in [4.69, 9.17) is 11.6 Å². The third-order valence-electron chi connectivity index (χ3n) is 4.14. The molecule has 0 radical (unpaired) electrons. The van der Waals surface area contributed by atoms with Gasteiger partial charge in [-0.05, 0) is 54.1 Å². The molecule has 8 heteroatoms. The standard InChI is InChI=1S/C19H20ClN5OS/c1-3-24(4-2)18(26)17(14-8-6-5-7-9-14)27-19-21-22-23-25(19)16-12-10-15(20)11-13-16/h5-13,17H,3-4H2,1-2H3. The van der Waals surface area contributed by atoms with E-state index in [2.05, 4.69) is 15.5 Å². The lowest BCUT2D eigenvalue weighted by Gasteiger charge is -2.24. The Kier molecular flexibility index (Phi) is 6.47. The largest absolute Gasteiger partial charge is 0.342 e. The zero-order valence-electron chi connectivity index (χ0n) is 15.1. The van der Waals surface area contributed by atoms with Gasteiger partial charge in [0, 0.05) is 18.1 Å². The van der Waals surface area contributed by atoms with Crippen molar-refractivity contribution in [3.05, 3.63) is 65.2 Å². The number of benzene rings is 2. The molecule has 1 heterocycles. The number of aromatic nitrogens is 4. The molecule has 0 spiro atoms. The van der Waals surface area contributed by atoms with Crippen molar-refractivity contribution < 1.29 is 4.79 Å². The van der Waals surface area contributed by atoms with Gasteiger partial charge in [0.25, 0.3) is 0 Å². The highest BCUT2D eigenvalue weighted by Crippen LogP contribution is 2.36. The summed E-state index contributed by atoms with van der Waals surface area (Å²) >= 11 is 7.31. The molecule has 27 heavy (non-hydrogen) atoms. The van der Waals surface area contributed by atoms with Crippen LogP contribution < -0.4 is 0 Å². The average molecular weight is 402 g/mol. The van der Waals surface area contributed by atoms with Crippen LogP contribution in [0.5, 0.6) is 0 Å². The Balaban J connectivity index is 1.95. The van der Waals surface area contributed by atoms with Gasteiger partial charge >= 0.3 is 0 Å². The number of tetrazole rings is 1. The van der Waals surface area contributed by atoms with E-state index in [0.29, 0.717) is 23.3 Å². The molecule has 1 unspecified atom stereocenters. The summed E-state index contributed by atoms with van der Waals surface area (Å²) in [6.07, 6.45) is 0. The highest BCUT2D eigenvalue weighted by atomic mass is 35.5. The second-order valence-electron chi connectivity index (χ2n) is 5.77. The number of thioether (sulfide) groups is 1. The van der Waals surface area contributed by atoms with Crippen LogP contribution in [0.25, 0.3) is 5.69 Å². The number of hydrogen-bond acceptors (Lipinski definition) is 5. The molecular formula is C19H20ClN5OS. The Morgan fingerprint density at radius 2 is 1.78 bits per heavy atom. The normalized spacial score (nSPS) is 12.0. The monoisotopic (exact) mass is 401 g/mol. The number of hydrogen-bond donors (Lipinski definition) is 0. The summed E-state index contributed by atoms with van der Waals surface area (Å²) in [5.41, 5.74) is 1.71. The molecule has 1 aromatic heterocycles. The van der Waals surface area contributed by atoms with Crippen LogP contribution in [0.15, 0.2) is 59.8 Å². The van der Waals surface area contributed by atoms with Crippen LogP contribution in [0.3, 0.4) is 0 Å². The van der Waals surface area contributed by atoms with Crippen LogP contribution in [-0.2, 0) is 4.79 Å². The summed E-state index contributed by atoms with van der Waals surface area (Å²) in [6, 6.07) is 16.9. The van der Waals surface area contributed by atoms with Crippen LogP contribution >= 0.6 is 23.4 Å². The lowest BCUT2D eigenvalue weighted by Crippen LogP contribution is -2.34. The lowest BCUT2D eigenvalue weighted by molar-refractivity contribution is -0.130. The van der Waals surface area contributed by atoms with Crippen LogP contribution in [0.4, 0.5) is 0 Å². The zero-order chi connectivity index (χ0) is 19.2. The fourth-order valence-corrected chi connectivity index (χ4v) is 3.90. The molecule has 0 saturated heterocycles. The molecule has 0 aliphatic heterocycles. The highest BCUT2D eigenvalue weighted by molar-refractivity contribution is 8.00. The summed E-state index contributed by atoms with van der Waals surface area (Å²) < 4.78 is 1.62. The first-order chi connectivity index (χ1) is 13.1. The van der Waals surface area contributed by atoms with E-state index in [9.17, 15) is 4.79 Å². The third kappa shape index (κ3) is 4.48. The first-order valence-electron chi connectivity index (χ1n) is 8.68. The number of rotatable bonds is 7. The predicted octanol–water partition coefficient (Wildman–Crippen LogP) is 4.02. The summed E-state index contributed by atoms with van der Waals surface area (Å²) in [5, 5.41) is 12.8. The second-order valence-corrected chi connectivity index (χ2v) is 7.28. The summed E-state index contributed by atoms with van der Waals surface area (Å²) in [7, 11) is 0. The van der Waals surface area contributed by atoms with Crippen molar-refractivity contribution in [2.45, 2.75) is 24.3 Å². The molecule has 3 rings (SSSR count). The number of likely N-dealkylation sites (N-methyl/N-ethyl adjacent to an activating group) is 1. The van der Waals surface area contributed by atoms with Crippen LogP contribution in [0, 0.1) is 0 Å². The van der Waals surface area contributed by atoms with Crippen LogP contribution in [0.2, 0.25) is 5.02 Å². The smallest absolute Gasteiger partial charge is 0.240 e. The Labute approximate surface area is 167 Å². The first kappa shape index (κ1) is 19.4. The number of halogens is 1. The van der Waals surface area contributed by atoms with Crippen molar-refractivity contribution >= 4 is 29.3 Å². The Morgan fingerprint density at radius 1 is 1.11 bits per heavy atom. The lowest BCUT2D eigenvalue weighted by atomic mass is 10.1. The minimum atomic E-state index is -0.428. The maximum Gasteiger partial charge on any atom is 0.240 e. The highest BCUT2D eigenvalue weighted by Gasteiger charge is 2.28. The van der Waals surface area contributed by atoms with Crippen molar-refractivity contribution in [1.29, 1.82) is 0 Å². The quantitative estimate of drug-likeness (QED) is 0.559. The molecule has 1 atom stereocenters. The molecular weight excluding hydrogens is 382 g/mol. The zero-order valence-corrected chi connectivity index (χ0v) is 16.7. The van der Waals surface area contributed by atoms with Gasteiger partial charge in [-0.1, -0.05) is 53.7 Å². The number of carbonyl (C=O) groups excluding carboxylic acids is 1. The summed E-state index contributed by atoms with van der Waals surface area (Å²) in [4.78, 5) is 15.0. The van der Waals surface area contributed by atoms with E-state index in [0.717, 1.165) is 11.3 Å². The minimum absolute atomic E-state index is 0.0434. The van der Waals surface area contributed by atoms with E-state index in [1.807, 2.05) is 61.2 Å². The Bertz CT molecular complexity index is 881. The van der Waals surface area contributed by atoms with Gasteiger partial charge in [0.15, 0.2) is 0 Å². The average Bonchev–Trinajstić information content (AvgIpc) is 3.16. The summed E-state index contributed by atoms with van der Waals surface area (Å²) in [6.45, 7) is 5.26. The Hall–Kier alpha value is -2.38. The van der Waals surface area contributed by atoms with Gasteiger partial charge in [-0.2, -0.15) is 4.68 Å². The van der Waals surface area contributed by atoms with Crippen molar-refractivity contribution in [2.24, 2.45) is 0 Å². The molecule has 1 amide bonds. The number of amides is 1. The first-order valence-corrected chi connectivity index (χ1v) is 9.94. The van der Waals surface area contributed by atoms with Gasteiger partial charge in [-0.3, -0.25) is 4.79 Å². The second kappa shape index (κ2) is 9.01. The van der Waals surface area contributed by atoms with Crippen molar-refractivity contribution in [1.82, 2.24) is 25.1 Å². The molecule has 3 aromatic rings. The maximum absolute atomic E-state index is 13.1. The van der Waals surface area contributed by atoms with Gasteiger partial charge in [-0.25, -0.2) is 0 Å². The molecule has 0 aliphatic carbocycles. The molecule has 2 aromatic carbocycles. The maximum atomic E-state index is 13.1. The fraction of sp³-hybridized carbons (Fsp3) is 0.263. The van der Waals surface area contributed by atoms with Gasteiger partial charge in [0.2, 0.25) is 11.1 Å². The van der Waals surface area contributed by atoms with E-state index in [1.165, 1.54) is 11.8 Å². The molecule has 0 aliphatic rings. The molecule has 0 bridgehead atoms. The fourth-order valence-electron chi connectivity index (χ4n) is 2.69. The number of carbonyl (C=O) groups is 1. The molecule has 6 nitrogen and oxygen atoms in total. The predicted molar refractivity (Wildman–Crippen MR) is 107 cm³/mol. The van der Waals surface area contributed by atoms with Crippen LogP contribution in [-0.4, -0.2) is 44.1 Å². The van der Waals surface area contributed by atoms with Gasteiger partial charge < -0.3 is 4.90 Å². The molecule has 0 saturated carbocycles. The molecule has 0 fully saturated rings.